The van der Waals surface area contributed by atoms with Crippen LogP contribution in [-0.2, 0) is 9.59 Å². The van der Waals surface area contributed by atoms with E-state index in [1.807, 2.05) is 26.0 Å². The van der Waals surface area contributed by atoms with Crippen LogP contribution >= 0.6 is 0 Å². The normalized spacial score (nSPS) is 23.4. The van der Waals surface area contributed by atoms with Gasteiger partial charge in [0, 0.05) is 38.1 Å². The molecule has 146 valence electrons. The van der Waals surface area contributed by atoms with E-state index in [0.29, 0.717) is 22.9 Å². The van der Waals surface area contributed by atoms with Crippen LogP contribution in [0.2, 0.25) is 0 Å². The summed E-state index contributed by atoms with van der Waals surface area (Å²) in [5, 5.41) is 0. The van der Waals surface area contributed by atoms with E-state index in [0.717, 1.165) is 11.1 Å². The van der Waals surface area contributed by atoms with Crippen molar-refractivity contribution in [2.75, 3.05) is 26.1 Å². The summed E-state index contributed by atoms with van der Waals surface area (Å²) in [6.07, 6.45) is 4.79. The molecule has 0 saturated heterocycles. The minimum absolute atomic E-state index is 0.0196. The van der Waals surface area contributed by atoms with E-state index in [2.05, 4.69) is 4.99 Å². The van der Waals surface area contributed by atoms with Crippen molar-refractivity contribution >= 4 is 28.8 Å². The Hall–Kier alpha value is -3.09. The largest absolute Gasteiger partial charge is 0.497 e. The van der Waals surface area contributed by atoms with Gasteiger partial charge >= 0.3 is 0 Å². The third-order valence-corrected chi connectivity index (χ3v) is 5.37. The summed E-state index contributed by atoms with van der Waals surface area (Å²) in [4.78, 5) is 32.6. The summed E-state index contributed by atoms with van der Waals surface area (Å²) in [6.45, 7) is 3.92. The van der Waals surface area contributed by atoms with Gasteiger partial charge in [-0.25, -0.2) is 0 Å². The van der Waals surface area contributed by atoms with E-state index in [-0.39, 0.29) is 23.7 Å². The first-order chi connectivity index (χ1) is 13.3. The number of hydrogen-bond acceptors (Lipinski definition) is 5. The van der Waals surface area contributed by atoms with Gasteiger partial charge in [-0.2, -0.15) is 0 Å². The number of anilines is 1. The van der Waals surface area contributed by atoms with Crippen molar-refractivity contribution in [1.29, 1.82) is 0 Å². The first-order valence-electron chi connectivity index (χ1n) is 9.23. The fourth-order valence-corrected chi connectivity index (χ4v) is 3.79. The highest BCUT2D eigenvalue weighted by atomic mass is 16.5. The number of fused-ring (bicyclic) bond motifs is 2. The predicted octanol–water partition coefficient (Wildman–Crippen LogP) is 2.47. The molecule has 3 aliphatic heterocycles. The molecule has 0 bridgehead atoms. The molecule has 2 atom stereocenters. The van der Waals surface area contributed by atoms with Crippen molar-refractivity contribution in [2.45, 2.75) is 20.0 Å². The average Bonchev–Trinajstić information content (AvgIpc) is 3.16. The number of hydrogen-bond donors (Lipinski definition) is 0. The SMILES string of the molecule is COc1cc(C2=CN(C)C(=O)C3=NC=CC23)c2c(c1)N(C)C(=O)C(C(C)C)O2. The van der Waals surface area contributed by atoms with Gasteiger partial charge < -0.3 is 19.3 Å². The van der Waals surface area contributed by atoms with Crippen LogP contribution in [0.5, 0.6) is 11.5 Å². The Kier molecular flexibility index (Phi) is 4.25. The topological polar surface area (TPSA) is 71.4 Å². The van der Waals surface area contributed by atoms with E-state index >= 15 is 0 Å². The lowest BCUT2D eigenvalue weighted by Crippen LogP contribution is -2.47. The second-order valence-corrected chi connectivity index (χ2v) is 7.54. The third kappa shape index (κ3) is 2.61. The molecule has 7 heteroatoms. The fourth-order valence-electron chi connectivity index (χ4n) is 3.79. The van der Waals surface area contributed by atoms with Gasteiger partial charge in [-0.05, 0) is 17.6 Å². The molecule has 0 radical (unpaired) electrons. The highest BCUT2D eigenvalue weighted by Crippen LogP contribution is 2.46. The summed E-state index contributed by atoms with van der Waals surface area (Å²) >= 11 is 0. The molecule has 1 aromatic rings. The molecule has 1 aromatic carbocycles. The van der Waals surface area contributed by atoms with Gasteiger partial charge in [-0.15, -0.1) is 0 Å². The Morgan fingerprint density at radius 2 is 1.96 bits per heavy atom. The van der Waals surface area contributed by atoms with Crippen molar-refractivity contribution in [3.05, 3.63) is 36.2 Å². The lowest BCUT2D eigenvalue weighted by molar-refractivity contribution is -0.127. The van der Waals surface area contributed by atoms with Crippen molar-refractivity contribution in [2.24, 2.45) is 16.8 Å². The summed E-state index contributed by atoms with van der Waals surface area (Å²) in [7, 11) is 5.04. The van der Waals surface area contributed by atoms with Gasteiger partial charge in [0.25, 0.3) is 11.8 Å². The van der Waals surface area contributed by atoms with E-state index < -0.39 is 6.10 Å². The van der Waals surface area contributed by atoms with Crippen LogP contribution in [0.3, 0.4) is 0 Å². The first-order valence-corrected chi connectivity index (χ1v) is 9.23. The van der Waals surface area contributed by atoms with Crippen LogP contribution in [0, 0.1) is 11.8 Å². The Balaban J connectivity index is 1.92. The van der Waals surface area contributed by atoms with Crippen LogP contribution in [0.4, 0.5) is 5.69 Å². The third-order valence-electron chi connectivity index (χ3n) is 5.37. The first kappa shape index (κ1) is 18.3. The Morgan fingerprint density at radius 3 is 2.64 bits per heavy atom. The number of nitrogens with zero attached hydrogens (tertiary/aromatic N) is 3. The molecule has 0 N–H and O–H groups in total. The minimum atomic E-state index is -0.569. The second kappa shape index (κ2) is 6.51. The van der Waals surface area contributed by atoms with Crippen molar-refractivity contribution in [3.8, 4) is 11.5 Å². The molecule has 0 spiro atoms. The van der Waals surface area contributed by atoms with Gasteiger partial charge in [0.15, 0.2) is 11.9 Å². The molecule has 4 rings (SSSR count). The van der Waals surface area contributed by atoms with E-state index in [1.54, 1.807) is 44.6 Å². The molecule has 3 aliphatic rings. The second-order valence-electron chi connectivity index (χ2n) is 7.54. The molecule has 0 fully saturated rings. The molecule has 0 aliphatic carbocycles. The number of allylic oxidation sites excluding steroid dienone is 2. The Labute approximate surface area is 163 Å². The maximum absolute atomic E-state index is 12.8. The lowest BCUT2D eigenvalue weighted by Gasteiger charge is -2.36. The molecule has 3 heterocycles. The fraction of sp³-hybridized carbons (Fsp3) is 0.381. The summed E-state index contributed by atoms with van der Waals surface area (Å²) in [6, 6.07) is 3.68. The van der Waals surface area contributed by atoms with Crippen LogP contribution in [0.25, 0.3) is 5.57 Å². The van der Waals surface area contributed by atoms with Crippen molar-refractivity contribution in [3.63, 3.8) is 0 Å². The average molecular weight is 381 g/mol. The van der Waals surface area contributed by atoms with Crippen LogP contribution in [0.1, 0.15) is 19.4 Å². The van der Waals surface area contributed by atoms with Crippen molar-refractivity contribution in [1.82, 2.24) is 4.90 Å². The number of amides is 2. The minimum Gasteiger partial charge on any atom is -0.497 e. The van der Waals surface area contributed by atoms with Gasteiger partial charge in [0.05, 0.1) is 18.7 Å². The maximum atomic E-state index is 12.8. The number of ether oxygens (including phenoxy) is 2. The van der Waals surface area contributed by atoms with Gasteiger partial charge in [-0.1, -0.05) is 19.9 Å². The number of carbonyl (C=O) groups excluding carboxylic acids is 2. The van der Waals surface area contributed by atoms with Gasteiger partial charge in [0.2, 0.25) is 0 Å². The van der Waals surface area contributed by atoms with E-state index in [1.165, 1.54) is 4.90 Å². The zero-order chi connectivity index (χ0) is 20.2. The Morgan fingerprint density at radius 1 is 1.21 bits per heavy atom. The highest BCUT2D eigenvalue weighted by Gasteiger charge is 2.40. The van der Waals surface area contributed by atoms with Crippen LogP contribution in [0.15, 0.2) is 35.6 Å². The number of benzene rings is 1. The highest BCUT2D eigenvalue weighted by molar-refractivity contribution is 6.44. The standard InChI is InChI=1S/C21H23N3O4/c1-11(2)18-21(26)24(4)16-9-12(27-5)8-14(19(16)28-18)15-10-23(3)20(25)17-13(15)6-7-22-17/h6-11,13,18H,1-5H3. The van der Waals surface area contributed by atoms with E-state index in [4.69, 9.17) is 9.47 Å². The zero-order valence-corrected chi connectivity index (χ0v) is 16.6. The lowest BCUT2D eigenvalue weighted by atomic mass is 9.86. The number of carbonyl (C=O) groups is 2. The number of aliphatic imine (C=N–C) groups is 1. The Bertz CT molecular complexity index is 961. The van der Waals surface area contributed by atoms with Crippen LogP contribution < -0.4 is 14.4 Å². The molecule has 28 heavy (non-hydrogen) atoms. The van der Waals surface area contributed by atoms with E-state index in [9.17, 15) is 9.59 Å². The van der Waals surface area contributed by atoms with Gasteiger partial charge in [0.1, 0.15) is 11.5 Å². The van der Waals surface area contributed by atoms with Crippen molar-refractivity contribution < 1.29 is 19.1 Å². The zero-order valence-electron chi connectivity index (χ0n) is 16.6. The summed E-state index contributed by atoms with van der Waals surface area (Å²) in [5.74, 6) is 0.796. The maximum Gasteiger partial charge on any atom is 0.272 e. The van der Waals surface area contributed by atoms with Gasteiger partial charge in [-0.3, -0.25) is 14.6 Å². The monoisotopic (exact) mass is 381 g/mol. The number of likely N-dealkylation sites (N-methyl/N-ethyl adjacent to an activating group) is 1. The molecule has 0 saturated carbocycles. The summed E-state index contributed by atoms with van der Waals surface area (Å²) in [5.41, 5.74) is 2.81. The van der Waals surface area contributed by atoms with Crippen LogP contribution in [-0.4, -0.2) is 49.7 Å². The smallest absolute Gasteiger partial charge is 0.272 e. The molecule has 2 unspecified atom stereocenters. The number of methoxy groups -OCH3 is 1. The molecule has 2 amide bonds. The molecule has 7 nitrogen and oxygen atoms in total. The number of rotatable bonds is 3. The quantitative estimate of drug-likeness (QED) is 0.806. The molecule has 0 aromatic heterocycles. The molecular formula is C21H23N3O4. The predicted molar refractivity (Wildman–Crippen MR) is 106 cm³/mol. The molecular weight excluding hydrogens is 358 g/mol. The summed E-state index contributed by atoms with van der Waals surface area (Å²) < 4.78 is 11.7.